The highest BCUT2D eigenvalue weighted by Crippen LogP contribution is 2.24. The van der Waals surface area contributed by atoms with Crippen LogP contribution in [0.1, 0.15) is 45.2 Å². The standard InChI is InChI=1S/C23H28Cl2N2O2/c1-16(22(29)26-23(2,3)4)27(15-18-11-12-19(24)14-20(18)25)21(28)13-10-17-8-6-5-7-9-17/h5-9,11-12,14,16H,10,13,15H2,1-4H3,(H,26,29)/t16-/m1/s1. The Labute approximate surface area is 183 Å². The Morgan fingerprint density at radius 1 is 1.07 bits per heavy atom. The molecule has 0 fully saturated rings. The van der Waals surface area contributed by atoms with Crippen molar-refractivity contribution in [3.8, 4) is 0 Å². The first-order valence-corrected chi connectivity index (χ1v) is 10.4. The molecule has 2 rings (SSSR count). The van der Waals surface area contributed by atoms with Crippen LogP contribution in [0.3, 0.4) is 0 Å². The van der Waals surface area contributed by atoms with Crippen LogP contribution in [-0.2, 0) is 22.6 Å². The minimum atomic E-state index is -0.635. The van der Waals surface area contributed by atoms with E-state index in [9.17, 15) is 9.59 Å². The van der Waals surface area contributed by atoms with Gasteiger partial charge in [-0.05, 0) is 57.4 Å². The van der Waals surface area contributed by atoms with E-state index in [1.54, 1.807) is 30.0 Å². The van der Waals surface area contributed by atoms with Crippen LogP contribution in [0.5, 0.6) is 0 Å². The van der Waals surface area contributed by atoms with Gasteiger partial charge in [-0.1, -0.05) is 59.6 Å². The molecule has 0 aliphatic carbocycles. The Kier molecular flexibility index (Phi) is 8.12. The van der Waals surface area contributed by atoms with Gasteiger partial charge in [0.15, 0.2) is 0 Å². The van der Waals surface area contributed by atoms with Gasteiger partial charge in [-0.15, -0.1) is 0 Å². The molecule has 0 bridgehead atoms. The second kappa shape index (κ2) is 10.1. The average molecular weight is 435 g/mol. The molecule has 4 nitrogen and oxygen atoms in total. The highest BCUT2D eigenvalue weighted by Gasteiger charge is 2.28. The maximum atomic E-state index is 13.1. The molecule has 0 radical (unpaired) electrons. The van der Waals surface area contributed by atoms with Crippen molar-refractivity contribution in [2.24, 2.45) is 0 Å². The quantitative estimate of drug-likeness (QED) is 0.645. The first kappa shape index (κ1) is 23.2. The largest absolute Gasteiger partial charge is 0.350 e. The first-order chi connectivity index (χ1) is 13.6. The third-order valence-corrected chi connectivity index (χ3v) is 5.08. The molecule has 0 saturated carbocycles. The Balaban J connectivity index is 2.21. The number of amides is 2. The summed E-state index contributed by atoms with van der Waals surface area (Å²) < 4.78 is 0. The predicted octanol–water partition coefficient (Wildman–Crippen LogP) is 5.26. The number of rotatable bonds is 7. The van der Waals surface area contributed by atoms with E-state index in [1.165, 1.54) is 0 Å². The van der Waals surface area contributed by atoms with Crippen LogP contribution < -0.4 is 5.32 Å². The summed E-state index contributed by atoms with van der Waals surface area (Å²) in [5.74, 6) is -0.299. The number of carbonyl (C=O) groups excluding carboxylic acids is 2. The summed E-state index contributed by atoms with van der Waals surface area (Å²) >= 11 is 12.3. The number of nitrogens with zero attached hydrogens (tertiary/aromatic N) is 1. The predicted molar refractivity (Wildman–Crippen MR) is 119 cm³/mol. The van der Waals surface area contributed by atoms with Crippen LogP contribution in [-0.4, -0.2) is 28.3 Å². The van der Waals surface area contributed by atoms with E-state index in [4.69, 9.17) is 23.2 Å². The highest BCUT2D eigenvalue weighted by molar-refractivity contribution is 6.35. The second-order valence-electron chi connectivity index (χ2n) is 8.16. The number of nitrogens with one attached hydrogen (secondary N) is 1. The van der Waals surface area contributed by atoms with Gasteiger partial charge in [0.1, 0.15) is 6.04 Å². The maximum absolute atomic E-state index is 13.1. The van der Waals surface area contributed by atoms with E-state index >= 15 is 0 Å². The molecule has 0 spiro atoms. The van der Waals surface area contributed by atoms with E-state index in [0.29, 0.717) is 22.9 Å². The molecule has 2 aromatic rings. The SMILES string of the molecule is C[C@H](C(=O)NC(C)(C)C)N(Cc1ccc(Cl)cc1Cl)C(=O)CCc1ccccc1. The summed E-state index contributed by atoms with van der Waals surface area (Å²) in [6.07, 6.45) is 0.917. The molecule has 2 amide bonds. The van der Waals surface area contributed by atoms with Crippen LogP contribution in [0.2, 0.25) is 10.0 Å². The van der Waals surface area contributed by atoms with Crippen molar-refractivity contribution in [3.63, 3.8) is 0 Å². The summed E-state index contributed by atoms with van der Waals surface area (Å²) in [6, 6.07) is 14.3. The van der Waals surface area contributed by atoms with Gasteiger partial charge in [-0.3, -0.25) is 9.59 Å². The van der Waals surface area contributed by atoms with Gasteiger partial charge in [0, 0.05) is 28.5 Å². The highest BCUT2D eigenvalue weighted by atomic mass is 35.5. The Morgan fingerprint density at radius 3 is 2.31 bits per heavy atom. The monoisotopic (exact) mass is 434 g/mol. The Hall–Kier alpha value is -2.04. The normalized spacial score (nSPS) is 12.3. The van der Waals surface area contributed by atoms with E-state index < -0.39 is 6.04 Å². The van der Waals surface area contributed by atoms with E-state index in [1.807, 2.05) is 51.1 Å². The maximum Gasteiger partial charge on any atom is 0.242 e. The number of hydrogen-bond acceptors (Lipinski definition) is 2. The fourth-order valence-corrected chi connectivity index (χ4v) is 3.40. The summed E-state index contributed by atoms with van der Waals surface area (Å²) in [7, 11) is 0. The zero-order chi connectivity index (χ0) is 21.6. The summed E-state index contributed by atoms with van der Waals surface area (Å²) in [5.41, 5.74) is 1.44. The van der Waals surface area contributed by atoms with Crippen molar-refractivity contribution in [2.45, 2.75) is 58.7 Å². The zero-order valence-electron chi connectivity index (χ0n) is 17.3. The number of hydrogen-bond donors (Lipinski definition) is 1. The van der Waals surface area contributed by atoms with Crippen LogP contribution in [0.25, 0.3) is 0 Å². The lowest BCUT2D eigenvalue weighted by molar-refractivity contribution is -0.141. The number of aryl methyl sites for hydroxylation is 1. The smallest absolute Gasteiger partial charge is 0.242 e. The lowest BCUT2D eigenvalue weighted by Gasteiger charge is -2.31. The van der Waals surface area contributed by atoms with Crippen molar-refractivity contribution in [1.29, 1.82) is 0 Å². The summed E-state index contributed by atoms with van der Waals surface area (Å²) in [5, 5.41) is 3.95. The minimum Gasteiger partial charge on any atom is -0.350 e. The number of benzene rings is 2. The Bertz CT molecular complexity index is 848. The fourth-order valence-electron chi connectivity index (χ4n) is 2.93. The molecule has 0 saturated heterocycles. The third-order valence-electron chi connectivity index (χ3n) is 4.49. The molecule has 0 aliphatic rings. The first-order valence-electron chi connectivity index (χ1n) is 9.66. The van der Waals surface area contributed by atoms with Crippen LogP contribution >= 0.6 is 23.2 Å². The van der Waals surface area contributed by atoms with Gasteiger partial charge in [-0.2, -0.15) is 0 Å². The topological polar surface area (TPSA) is 49.4 Å². The van der Waals surface area contributed by atoms with E-state index in [0.717, 1.165) is 11.1 Å². The van der Waals surface area contributed by atoms with Gasteiger partial charge >= 0.3 is 0 Å². The minimum absolute atomic E-state index is 0.101. The molecule has 1 N–H and O–H groups in total. The number of halogens is 2. The molecule has 0 aliphatic heterocycles. The molecule has 0 unspecified atom stereocenters. The molecule has 0 aromatic heterocycles. The van der Waals surface area contributed by atoms with Crippen molar-refractivity contribution in [3.05, 3.63) is 69.7 Å². The zero-order valence-corrected chi connectivity index (χ0v) is 18.8. The van der Waals surface area contributed by atoms with Crippen LogP contribution in [0.15, 0.2) is 48.5 Å². The molecule has 1 atom stereocenters. The summed E-state index contributed by atoms with van der Waals surface area (Å²) in [4.78, 5) is 27.4. The van der Waals surface area contributed by atoms with E-state index in [2.05, 4.69) is 5.32 Å². The molecule has 2 aromatic carbocycles. The third kappa shape index (κ3) is 7.37. The molecular formula is C23H28Cl2N2O2. The molecular weight excluding hydrogens is 407 g/mol. The lowest BCUT2D eigenvalue weighted by Crippen LogP contribution is -2.52. The molecule has 0 heterocycles. The van der Waals surface area contributed by atoms with Crippen molar-refractivity contribution < 1.29 is 9.59 Å². The molecule has 6 heteroatoms. The van der Waals surface area contributed by atoms with Crippen molar-refractivity contribution in [2.75, 3.05) is 0 Å². The van der Waals surface area contributed by atoms with Gasteiger partial charge in [0.05, 0.1) is 0 Å². The van der Waals surface area contributed by atoms with E-state index in [-0.39, 0.29) is 23.9 Å². The second-order valence-corrected chi connectivity index (χ2v) is 9.00. The van der Waals surface area contributed by atoms with Gasteiger partial charge in [-0.25, -0.2) is 0 Å². The molecule has 29 heavy (non-hydrogen) atoms. The van der Waals surface area contributed by atoms with Gasteiger partial charge in [0.2, 0.25) is 11.8 Å². The van der Waals surface area contributed by atoms with Gasteiger partial charge in [0.25, 0.3) is 0 Å². The fraction of sp³-hybridized carbons (Fsp3) is 0.391. The lowest BCUT2D eigenvalue weighted by atomic mass is 10.1. The van der Waals surface area contributed by atoms with Crippen LogP contribution in [0, 0.1) is 0 Å². The van der Waals surface area contributed by atoms with Crippen LogP contribution in [0.4, 0.5) is 0 Å². The van der Waals surface area contributed by atoms with Crippen molar-refractivity contribution >= 4 is 35.0 Å². The number of carbonyl (C=O) groups is 2. The van der Waals surface area contributed by atoms with Gasteiger partial charge < -0.3 is 10.2 Å². The molecule has 156 valence electrons. The van der Waals surface area contributed by atoms with Crippen molar-refractivity contribution in [1.82, 2.24) is 10.2 Å². The average Bonchev–Trinajstić information content (AvgIpc) is 2.64. The summed E-state index contributed by atoms with van der Waals surface area (Å²) in [6.45, 7) is 7.72. The Morgan fingerprint density at radius 2 is 1.72 bits per heavy atom.